The second kappa shape index (κ2) is 8.49. The second-order valence-electron chi connectivity index (χ2n) is 4.97. The summed E-state index contributed by atoms with van der Waals surface area (Å²) in [6.07, 6.45) is 0.514. The molecule has 0 spiro atoms. The molecule has 2 aromatic carbocycles. The van der Waals surface area contributed by atoms with Gasteiger partial charge in [-0.1, -0.05) is 30.3 Å². The molecule has 116 valence electrons. The van der Waals surface area contributed by atoms with Crippen molar-refractivity contribution in [3.8, 4) is 5.75 Å². The molecule has 0 aliphatic rings. The van der Waals surface area contributed by atoms with E-state index in [0.29, 0.717) is 6.42 Å². The normalized spacial score (nSPS) is 11.7. The maximum atomic E-state index is 12.0. The highest BCUT2D eigenvalue weighted by molar-refractivity contribution is 7.99. The van der Waals surface area contributed by atoms with E-state index in [0.717, 1.165) is 17.1 Å². The number of methoxy groups -OCH3 is 1. The van der Waals surface area contributed by atoms with E-state index in [4.69, 9.17) is 4.74 Å². The van der Waals surface area contributed by atoms with Crippen molar-refractivity contribution >= 4 is 17.7 Å². The molecule has 1 N–H and O–H groups in total. The van der Waals surface area contributed by atoms with E-state index in [1.165, 1.54) is 4.90 Å². The Morgan fingerprint density at radius 2 is 1.82 bits per heavy atom. The molecule has 0 radical (unpaired) electrons. The number of hydrogen-bond donors (Lipinski definition) is 1. The summed E-state index contributed by atoms with van der Waals surface area (Å²) in [5.41, 5.74) is 1.07. The fourth-order valence-corrected chi connectivity index (χ4v) is 2.94. The first-order valence-electron chi connectivity index (χ1n) is 7.30. The Hall–Kier alpha value is -1.94. The Labute approximate surface area is 136 Å². The van der Waals surface area contributed by atoms with Crippen LogP contribution in [0.5, 0.6) is 5.75 Å². The average Bonchev–Trinajstić information content (AvgIpc) is 2.56. The molecule has 22 heavy (non-hydrogen) atoms. The van der Waals surface area contributed by atoms with Crippen LogP contribution in [0.1, 0.15) is 24.9 Å². The molecule has 0 saturated heterocycles. The minimum Gasteiger partial charge on any atom is -0.497 e. The van der Waals surface area contributed by atoms with E-state index < -0.39 is 0 Å². The van der Waals surface area contributed by atoms with Gasteiger partial charge in [0.1, 0.15) is 5.75 Å². The molecular formula is C18H21NO2S. The second-order valence-corrected chi connectivity index (χ2v) is 6.14. The number of rotatable bonds is 7. The minimum absolute atomic E-state index is 0.000122. The Bertz CT molecular complexity index is 584. The molecule has 0 saturated carbocycles. The molecule has 2 rings (SSSR count). The third-order valence-electron chi connectivity index (χ3n) is 3.33. The van der Waals surface area contributed by atoms with Crippen molar-refractivity contribution in [3.63, 3.8) is 0 Å². The number of ether oxygens (including phenoxy) is 1. The first-order chi connectivity index (χ1) is 10.7. The summed E-state index contributed by atoms with van der Waals surface area (Å²) >= 11 is 1.70. The fourth-order valence-electron chi connectivity index (χ4n) is 2.07. The molecule has 0 aliphatic heterocycles. The predicted molar refractivity (Wildman–Crippen MR) is 91.3 cm³/mol. The summed E-state index contributed by atoms with van der Waals surface area (Å²) < 4.78 is 5.14. The molecule has 0 heterocycles. The number of nitrogens with one attached hydrogen (secondary N) is 1. The average molecular weight is 315 g/mol. The zero-order chi connectivity index (χ0) is 15.8. The van der Waals surface area contributed by atoms with Gasteiger partial charge < -0.3 is 10.1 Å². The van der Waals surface area contributed by atoms with Gasteiger partial charge in [-0.05, 0) is 36.8 Å². The Balaban J connectivity index is 1.76. The van der Waals surface area contributed by atoms with Gasteiger partial charge in [0, 0.05) is 17.1 Å². The Morgan fingerprint density at radius 3 is 2.45 bits per heavy atom. The summed E-state index contributed by atoms with van der Waals surface area (Å²) in [6.45, 7) is 1.99. The van der Waals surface area contributed by atoms with Crippen molar-refractivity contribution in [1.82, 2.24) is 5.32 Å². The predicted octanol–water partition coefficient (Wildman–Crippen LogP) is 4.05. The van der Waals surface area contributed by atoms with Crippen molar-refractivity contribution in [1.29, 1.82) is 0 Å². The Morgan fingerprint density at radius 1 is 1.14 bits per heavy atom. The molecule has 0 unspecified atom stereocenters. The molecule has 0 bridgehead atoms. The highest BCUT2D eigenvalue weighted by atomic mass is 32.2. The van der Waals surface area contributed by atoms with Crippen LogP contribution in [0.3, 0.4) is 0 Å². The van der Waals surface area contributed by atoms with Crippen LogP contribution in [-0.4, -0.2) is 18.8 Å². The Kier molecular flexibility index (Phi) is 6.34. The summed E-state index contributed by atoms with van der Waals surface area (Å²) in [7, 11) is 1.64. The quantitative estimate of drug-likeness (QED) is 0.783. The van der Waals surface area contributed by atoms with E-state index >= 15 is 0 Å². The van der Waals surface area contributed by atoms with Gasteiger partial charge in [-0.15, -0.1) is 11.8 Å². The van der Waals surface area contributed by atoms with Crippen molar-refractivity contribution in [2.45, 2.75) is 24.3 Å². The number of carbonyl (C=O) groups excluding carboxylic acids is 1. The number of benzene rings is 2. The smallest absolute Gasteiger partial charge is 0.221 e. The first kappa shape index (κ1) is 16.4. The minimum atomic E-state index is 0.000122. The number of thioether (sulfide) groups is 1. The van der Waals surface area contributed by atoms with Gasteiger partial charge >= 0.3 is 0 Å². The standard InChI is InChI=1S/C18H21NO2S/c1-14(15-8-10-16(21-2)11-9-15)19-18(20)12-13-22-17-6-4-3-5-7-17/h3-11,14H,12-13H2,1-2H3,(H,19,20)/t14-/m1/s1. The highest BCUT2D eigenvalue weighted by Gasteiger charge is 2.09. The lowest BCUT2D eigenvalue weighted by atomic mass is 10.1. The highest BCUT2D eigenvalue weighted by Crippen LogP contribution is 2.19. The van der Waals surface area contributed by atoms with Crippen LogP contribution < -0.4 is 10.1 Å². The summed E-state index contributed by atoms with van der Waals surface area (Å²) in [6, 6.07) is 17.9. The van der Waals surface area contributed by atoms with Gasteiger partial charge in [0.15, 0.2) is 0 Å². The van der Waals surface area contributed by atoms with Crippen molar-refractivity contribution in [2.75, 3.05) is 12.9 Å². The molecule has 0 aromatic heterocycles. The summed E-state index contributed by atoms with van der Waals surface area (Å²) in [5, 5.41) is 3.03. The SMILES string of the molecule is COc1ccc([C@@H](C)NC(=O)CCSc2ccccc2)cc1. The van der Waals surface area contributed by atoms with Crippen LogP contribution in [0.2, 0.25) is 0 Å². The van der Waals surface area contributed by atoms with E-state index in [2.05, 4.69) is 17.4 Å². The number of amides is 1. The van der Waals surface area contributed by atoms with Crippen LogP contribution >= 0.6 is 11.8 Å². The summed E-state index contributed by atoms with van der Waals surface area (Å²) in [4.78, 5) is 13.2. The van der Waals surface area contributed by atoms with Crippen molar-refractivity contribution in [2.24, 2.45) is 0 Å². The monoisotopic (exact) mass is 315 g/mol. The summed E-state index contributed by atoms with van der Waals surface area (Å²) in [5.74, 6) is 1.68. The first-order valence-corrected chi connectivity index (χ1v) is 8.29. The number of carbonyl (C=O) groups is 1. The van der Waals surface area contributed by atoms with E-state index in [1.807, 2.05) is 49.4 Å². The molecule has 1 amide bonds. The van der Waals surface area contributed by atoms with Gasteiger partial charge in [-0.25, -0.2) is 0 Å². The molecular weight excluding hydrogens is 294 g/mol. The lowest BCUT2D eigenvalue weighted by Crippen LogP contribution is -2.26. The third-order valence-corrected chi connectivity index (χ3v) is 4.35. The third kappa shape index (κ3) is 5.11. The van der Waals surface area contributed by atoms with Gasteiger partial charge in [0.25, 0.3) is 0 Å². The van der Waals surface area contributed by atoms with Crippen molar-refractivity contribution in [3.05, 3.63) is 60.2 Å². The van der Waals surface area contributed by atoms with Crippen LogP contribution in [0.25, 0.3) is 0 Å². The molecule has 2 aromatic rings. The lowest BCUT2D eigenvalue weighted by molar-refractivity contribution is -0.121. The maximum absolute atomic E-state index is 12.0. The van der Waals surface area contributed by atoms with Crippen molar-refractivity contribution < 1.29 is 9.53 Å². The molecule has 1 atom stereocenters. The van der Waals surface area contributed by atoms with Gasteiger partial charge in [-0.2, -0.15) is 0 Å². The zero-order valence-electron chi connectivity index (χ0n) is 12.9. The topological polar surface area (TPSA) is 38.3 Å². The van der Waals surface area contributed by atoms with E-state index in [-0.39, 0.29) is 11.9 Å². The van der Waals surface area contributed by atoms with Crippen LogP contribution in [0, 0.1) is 0 Å². The van der Waals surface area contributed by atoms with Crippen LogP contribution in [0.15, 0.2) is 59.5 Å². The van der Waals surface area contributed by atoms with Gasteiger partial charge in [-0.3, -0.25) is 4.79 Å². The van der Waals surface area contributed by atoms with Crippen LogP contribution in [-0.2, 0) is 4.79 Å². The maximum Gasteiger partial charge on any atom is 0.221 e. The lowest BCUT2D eigenvalue weighted by Gasteiger charge is -2.14. The molecule has 0 aliphatic carbocycles. The zero-order valence-corrected chi connectivity index (χ0v) is 13.7. The fraction of sp³-hybridized carbons (Fsp3) is 0.278. The van der Waals surface area contributed by atoms with E-state index in [1.54, 1.807) is 18.9 Å². The largest absolute Gasteiger partial charge is 0.497 e. The molecule has 0 fully saturated rings. The van der Waals surface area contributed by atoms with Gasteiger partial charge in [0.05, 0.1) is 13.2 Å². The van der Waals surface area contributed by atoms with Crippen LogP contribution in [0.4, 0.5) is 0 Å². The van der Waals surface area contributed by atoms with E-state index in [9.17, 15) is 4.79 Å². The molecule has 3 nitrogen and oxygen atoms in total. The molecule has 4 heteroatoms. The van der Waals surface area contributed by atoms with Gasteiger partial charge in [0.2, 0.25) is 5.91 Å². The number of hydrogen-bond acceptors (Lipinski definition) is 3.